The van der Waals surface area contributed by atoms with Crippen molar-refractivity contribution < 1.29 is 8.42 Å². The standard InChI is InChI=1S/C12H13N3O2S2/c16-19(17,15-6-10-7-18-8-14-10)11-2-1-9-3-4-13-12(9)5-11/h1-2,5,7-8,13,15H,3-4,6H2. The van der Waals surface area contributed by atoms with Gasteiger partial charge >= 0.3 is 0 Å². The molecule has 1 aromatic carbocycles. The smallest absolute Gasteiger partial charge is 0.240 e. The van der Waals surface area contributed by atoms with E-state index in [1.165, 1.54) is 16.9 Å². The largest absolute Gasteiger partial charge is 0.384 e. The highest BCUT2D eigenvalue weighted by Crippen LogP contribution is 2.25. The molecule has 7 heteroatoms. The highest BCUT2D eigenvalue weighted by Gasteiger charge is 2.18. The number of sulfonamides is 1. The van der Waals surface area contributed by atoms with E-state index in [9.17, 15) is 8.42 Å². The monoisotopic (exact) mass is 295 g/mol. The van der Waals surface area contributed by atoms with Crippen molar-refractivity contribution in [3.8, 4) is 0 Å². The molecule has 2 aromatic rings. The van der Waals surface area contributed by atoms with Crippen molar-refractivity contribution in [2.24, 2.45) is 0 Å². The second-order valence-electron chi connectivity index (χ2n) is 4.30. The van der Waals surface area contributed by atoms with Crippen molar-refractivity contribution in [1.29, 1.82) is 0 Å². The van der Waals surface area contributed by atoms with Gasteiger partial charge in [0.2, 0.25) is 10.0 Å². The van der Waals surface area contributed by atoms with E-state index in [1.54, 1.807) is 17.6 Å². The summed E-state index contributed by atoms with van der Waals surface area (Å²) in [5, 5.41) is 5.01. The Balaban J connectivity index is 1.80. The molecule has 0 fully saturated rings. The first-order chi connectivity index (χ1) is 9.15. The molecule has 1 aromatic heterocycles. The normalized spacial score (nSPS) is 14.1. The predicted octanol–water partition coefficient (Wildman–Crippen LogP) is 1.59. The van der Waals surface area contributed by atoms with Crippen molar-refractivity contribution in [3.05, 3.63) is 40.3 Å². The molecule has 0 atom stereocenters. The van der Waals surface area contributed by atoms with Crippen LogP contribution in [0.25, 0.3) is 0 Å². The fourth-order valence-electron chi connectivity index (χ4n) is 2.01. The van der Waals surface area contributed by atoms with Gasteiger partial charge in [-0.15, -0.1) is 11.3 Å². The molecule has 2 N–H and O–H groups in total. The first-order valence-corrected chi connectivity index (χ1v) is 8.31. The molecule has 2 heterocycles. The molecule has 0 amide bonds. The van der Waals surface area contributed by atoms with Crippen LogP contribution in [0.2, 0.25) is 0 Å². The molecule has 0 aliphatic carbocycles. The van der Waals surface area contributed by atoms with Gasteiger partial charge in [-0.3, -0.25) is 0 Å². The van der Waals surface area contributed by atoms with Gasteiger partial charge in [-0.25, -0.2) is 18.1 Å². The van der Waals surface area contributed by atoms with Gasteiger partial charge < -0.3 is 5.32 Å². The summed E-state index contributed by atoms with van der Waals surface area (Å²) in [5.74, 6) is 0. The number of anilines is 1. The minimum absolute atomic E-state index is 0.219. The minimum atomic E-state index is -3.48. The number of benzene rings is 1. The minimum Gasteiger partial charge on any atom is -0.384 e. The average Bonchev–Trinajstić information content (AvgIpc) is 3.06. The predicted molar refractivity (Wildman–Crippen MR) is 74.8 cm³/mol. The van der Waals surface area contributed by atoms with Gasteiger partial charge in [-0.1, -0.05) is 6.07 Å². The van der Waals surface area contributed by atoms with Gasteiger partial charge in [0.15, 0.2) is 0 Å². The molecule has 5 nitrogen and oxygen atoms in total. The zero-order valence-electron chi connectivity index (χ0n) is 10.1. The van der Waals surface area contributed by atoms with Crippen LogP contribution in [0.1, 0.15) is 11.3 Å². The summed E-state index contributed by atoms with van der Waals surface area (Å²) in [6.45, 7) is 1.08. The molecule has 19 heavy (non-hydrogen) atoms. The van der Waals surface area contributed by atoms with Crippen LogP contribution < -0.4 is 10.0 Å². The zero-order valence-corrected chi connectivity index (χ0v) is 11.7. The maximum atomic E-state index is 12.2. The van der Waals surface area contributed by atoms with Gasteiger partial charge in [-0.05, 0) is 24.1 Å². The van der Waals surface area contributed by atoms with Crippen molar-refractivity contribution in [2.75, 3.05) is 11.9 Å². The third-order valence-corrected chi connectivity index (χ3v) is 5.06. The first kappa shape index (κ1) is 12.6. The zero-order chi connectivity index (χ0) is 13.3. The lowest BCUT2D eigenvalue weighted by atomic mass is 10.2. The number of nitrogens with zero attached hydrogens (tertiary/aromatic N) is 1. The van der Waals surface area contributed by atoms with Crippen LogP contribution >= 0.6 is 11.3 Å². The van der Waals surface area contributed by atoms with Crippen molar-refractivity contribution >= 4 is 27.0 Å². The Kier molecular flexibility index (Phi) is 3.26. The Hall–Kier alpha value is -1.44. The van der Waals surface area contributed by atoms with Crippen molar-refractivity contribution in [1.82, 2.24) is 9.71 Å². The Bertz CT molecular complexity index is 681. The maximum absolute atomic E-state index is 12.2. The Labute approximate surface area is 115 Å². The van der Waals surface area contributed by atoms with E-state index < -0.39 is 10.0 Å². The van der Waals surface area contributed by atoms with Gasteiger partial charge in [0, 0.05) is 17.6 Å². The molecule has 100 valence electrons. The quantitative estimate of drug-likeness (QED) is 0.898. The highest BCUT2D eigenvalue weighted by atomic mass is 32.2. The molecule has 3 rings (SSSR count). The van der Waals surface area contributed by atoms with E-state index in [4.69, 9.17) is 0 Å². The fraction of sp³-hybridized carbons (Fsp3) is 0.250. The van der Waals surface area contributed by atoms with E-state index in [2.05, 4.69) is 15.0 Å². The van der Waals surface area contributed by atoms with Crippen molar-refractivity contribution in [2.45, 2.75) is 17.9 Å². The van der Waals surface area contributed by atoms with E-state index in [-0.39, 0.29) is 11.4 Å². The molecule has 0 radical (unpaired) electrons. The summed E-state index contributed by atoms with van der Waals surface area (Å²) in [6.07, 6.45) is 0.946. The Morgan fingerprint density at radius 3 is 3.11 bits per heavy atom. The summed E-state index contributed by atoms with van der Waals surface area (Å²) in [5.41, 5.74) is 4.49. The van der Waals surface area contributed by atoms with E-state index >= 15 is 0 Å². The second kappa shape index (κ2) is 4.92. The number of thiazole rings is 1. The SMILES string of the molecule is O=S(=O)(NCc1cscn1)c1ccc2c(c1)NCC2. The number of hydrogen-bond acceptors (Lipinski definition) is 5. The summed E-state index contributed by atoms with van der Waals surface area (Å²) in [6, 6.07) is 5.20. The summed E-state index contributed by atoms with van der Waals surface area (Å²) < 4.78 is 26.9. The van der Waals surface area contributed by atoms with Gasteiger partial charge in [-0.2, -0.15) is 0 Å². The average molecular weight is 295 g/mol. The van der Waals surface area contributed by atoms with Crippen LogP contribution in [0.15, 0.2) is 34.0 Å². The molecule has 0 saturated carbocycles. The molecular formula is C12H13N3O2S2. The van der Waals surface area contributed by atoms with E-state index in [0.29, 0.717) is 0 Å². The van der Waals surface area contributed by atoms with Gasteiger partial charge in [0.25, 0.3) is 0 Å². The number of rotatable bonds is 4. The van der Waals surface area contributed by atoms with Crippen LogP contribution in [-0.2, 0) is 23.0 Å². The van der Waals surface area contributed by atoms with Crippen molar-refractivity contribution in [3.63, 3.8) is 0 Å². The third kappa shape index (κ3) is 2.63. The molecule has 1 aliphatic rings. The molecular weight excluding hydrogens is 282 g/mol. The Morgan fingerprint density at radius 1 is 1.42 bits per heavy atom. The molecule has 0 spiro atoms. The first-order valence-electron chi connectivity index (χ1n) is 5.89. The molecule has 1 aliphatic heterocycles. The number of fused-ring (bicyclic) bond motifs is 1. The topological polar surface area (TPSA) is 71.1 Å². The second-order valence-corrected chi connectivity index (χ2v) is 6.79. The van der Waals surface area contributed by atoms with Gasteiger partial charge in [0.05, 0.1) is 22.6 Å². The summed E-state index contributed by atoms with van der Waals surface area (Å²) in [4.78, 5) is 4.34. The maximum Gasteiger partial charge on any atom is 0.240 e. The van der Waals surface area contributed by atoms with E-state index in [0.717, 1.165) is 24.3 Å². The van der Waals surface area contributed by atoms with Crippen LogP contribution in [0.3, 0.4) is 0 Å². The number of nitrogens with one attached hydrogen (secondary N) is 2. The Morgan fingerprint density at radius 2 is 2.32 bits per heavy atom. The van der Waals surface area contributed by atoms with Crippen LogP contribution in [0.4, 0.5) is 5.69 Å². The van der Waals surface area contributed by atoms with Gasteiger partial charge in [0.1, 0.15) is 0 Å². The summed E-state index contributed by atoms with van der Waals surface area (Å²) >= 11 is 1.45. The summed E-state index contributed by atoms with van der Waals surface area (Å²) in [7, 11) is -3.48. The lowest BCUT2D eigenvalue weighted by Gasteiger charge is -2.07. The highest BCUT2D eigenvalue weighted by molar-refractivity contribution is 7.89. The number of aromatic nitrogens is 1. The molecule has 0 unspecified atom stereocenters. The molecule has 0 saturated heterocycles. The number of hydrogen-bond donors (Lipinski definition) is 2. The fourth-order valence-corrected chi connectivity index (χ4v) is 3.60. The third-order valence-electron chi connectivity index (χ3n) is 3.03. The van der Waals surface area contributed by atoms with Crippen LogP contribution in [0, 0.1) is 0 Å². The van der Waals surface area contributed by atoms with Crippen LogP contribution in [-0.4, -0.2) is 19.9 Å². The lowest BCUT2D eigenvalue weighted by Crippen LogP contribution is -2.23. The lowest BCUT2D eigenvalue weighted by molar-refractivity contribution is 0.580. The van der Waals surface area contributed by atoms with Crippen LogP contribution in [0.5, 0.6) is 0 Å². The molecule has 0 bridgehead atoms. The van der Waals surface area contributed by atoms with E-state index in [1.807, 2.05) is 11.4 Å².